The molecule has 0 aromatic heterocycles. The van der Waals surface area contributed by atoms with Crippen LogP contribution in [0.4, 0.5) is 0 Å². The lowest BCUT2D eigenvalue weighted by Crippen LogP contribution is -2.34. The Morgan fingerprint density at radius 1 is 1.05 bits per heavy atom. The van der Waals surface area contributed by atoms with Crippen molar-refractivity contribution < 1.29 is 1.43 Å². The van der Waals surface area contributed by atoms with E-state index in [2.05, 4.69) is 59.8 Å². The topological polar surface area (TPSA) is 3.24 Å². The minimum atomic E-state index is 0. The van der Waals surface area contributed by atoms with Gasteiger partial charge in [-0.15, -0.1) is 13.2 Å². The molecule has 0 bridgehead atoms. The number of hydrogen-bond donors (Lipinski definition) is 0. The van der Waals surface area contributed by atoms with Crippen LogP contribution in [0.15, 0.2) is 13.2 Å². The summed E-state index contributed by atoms with van der Waals surface area (Å²) in [5.74, 6) is 1.94. The van der Waals surface area contributed by atoms with Crippen LogP contribution < -0.4 is 0 Å². The van der Waals surface area contributed by atoms with E-state index in [1.165, 1.54) is 32.1 Å². The van der Waals surface area contributed by atoms with Crippen molar-refractivity contribution in [2.45, 2.75) is 79.7 Å². The summed E-state index contributed by atoms with van der Waals surface area (Å²) in [4.78, 5) is 2.36. The molecule has 120 valence electrons. The number of nitrogens with zero attached hydrogens (tertiary/aromatic N) is 1. The van der Waals surface area contributed by atoms with E-state index in [1.807, 2.05) is 13.8 Å². The van der Waals surface area contributed by atoms with Crippen LogP contribution in [0.2, 0.25) is 0 Å². The van der Waals surface area contributed by atoms with Crippen LogP contribution in [0, 0.1) is 11.8 Å². The highest BCUT2D eigenvalue weighted by Crippen LogP contribution is 2.31. The van der Waals surface area contributed by atoms with Crippen molar-refractivity contribution in [3.63, 3.8) is 0 Å². The summed E-state index contributed by atoms with van der Waals surface area (Å²) in [7, 11) is 4.39. The van der Waals surface area contributed by atoms with E-state index in [0.29, 0.717) is 0 Å². The van der Waals surface area contributed by atoms with Crippen molar-refractivity contribution in [2.75, 3.05) is 14.1 Å². The first-order valence-corrected chi connectivity index (χ1v) is 8.19. The third kappa shape index (κ3) is 13.9. The molecule has 0 heterocycles. The SMILES string of the molecule is C=C.CC.CC1CCC(C(C)N(C)C)CC1.CCC.[HH]. The van der Waals surface area contributed by atoms with E-state index in [9.17, 15) is 0 Å². The van der Waals surface area contributed by atoms with Gasteiger partial charge in [0.15, 0.2) is 0 Å². The van der Waals surface area contributed by atoms with Crippen molar-refractivity contribution in [3.05, 3.63) is 13.2 Å². The van der Waals surface area contributed by atoms with Gasteiger partial charge < -0.3 is 4.90 Å². The van der Waals surface area contributed by atoms with Crippen LogP contribution in [0.25, 0.3) is 0 Å². The maximum atomic E-state index is 3.00. The minimum absolute atomic E-state index is 0. The van der Waals surface area contributed by atoms with Gasteiger partial charge in [0, 0.05) is 7.47 Å². The average molecular weight is 274 g/mol. The molecule has 1 atom stereocenters. The molecule has 1 rings (SSSR count). The molecule has 0 aromatic carbocycles. The second-order valence-electron chi connectivity index (χ2n) is 5.43. The Bertz CT molecular complexity index is 151. The fourth-order valence-corrected chi connectivity index (χ4v) is 2.19. The first-order valence-electron chi connectivity index (χ1n) is 8.19. The van der Waals surface area contributed by atoms with E-state index >= 15 is 0 Å². The molecule has 0 N–H and O–H groups in total. The van der Waals surface area contributed by atoms with E-state index in [4.69, 9.17) is 0 Å². The van der Waals surface area contributed by atoms with Crippen molar-refractivity contribution in [1.29, 1.82) is 0 Å². The fraction of sp³-hybridized carbons (Fsp3) is 0.889. The minimum Gasteiger partial charge on any atom is -0.306 e. The van der Waals surface area contributed by atoms with Gasteiger partial charge in [-0.3, -0.25) is 0 Å². The molecular weight excluding hydrogens is 230 g/mol. The van der Waals surface area contributed by atoms with Crippen molar-refractivity contribution in [3.8, 4) is 0 Å². The van der Waals surface area contributed by atoms with Crippen molar-refractivity contribution in [1.82, 2.24) is 4.90 Å². The average Bonchev–Trinajstić information content (AvgIpc) is 2.44. The third-order valence-corrected chi connectivity index (χ3v) is 3.56. The Hall–Kier alpha value is -0.300. The van der Waals surface area contributed by atoms with Crippen LogP contribution >= 0.6 is 0 Å². The number of rotatable bonds is 2. The molecule has 0 radical (unpaired) electrons. The van der Waals surface area contributed by atoms with Crippen LogP contribution in [0.1, 0.15) is 75.1 Å². The maximum Gasteiger partial charge on any atom is 0.00891 e. The van der Waals surface area contributed by atoms with Crippen LogP contribution in [-0.4, -0.2) is 25.0 Å². The van der Waals surface area contributed by atoms with Gasteiger partial charge in [-0.1, -0.05) is 53.9 Å². The Balaban J connectivity index is -0.000000138. The first-order chi connectivity index (χ1) is 9.02. The highest BCUT2D eigenvalue weighted by molar-refractivity contribution is 4.77. The predicted octanol–water partition coefficient (Wildman–Crippen LogP) is 6.25. The summed E-state index contributed by atoms with van der Waals surface area (Å²) in [6, 6.07) is 0.775. The van der Waals surface area contributed by atoms with Gasteiger partial charge in [-0.05, 0) is 45.7 Å². The highest BCUT2D eigenvalue weighted by atomic mass is 15.1. The van der Waals surface area contributed by atoms with E-state index < -0.39 is 0 Å². The highest BCUT2D eigenvalue weighted by Gasteiger charge is 2.23. The van der Waals surface area contributed by atoms with Gasteiger partial charge in [-0.25, -0.2) is 0 Å². The summed E-state index contributed by atoms with van der Waals surface area (Å²) in [6.45, 7) is 19.0. The monoisotopic (exact) mass is 273 g/mol. The maximum absolute atomic E-state index is 3.00. The lowest BCUT2D eigenvalue weighted by Gasteiger charge is -2.34. The lowest BCUT2D eigenvalue weighted by atomic mass is 9.79. The molecule has 1 nitrogen and oxygen atoms in total. The zero-order valence-electron chi connectivity index (χ0n) is 15.1. The summed E-state index contributed by atoms with van der Waals surface area (Å²) in [5, 5.41) is 0. The molecule has 1 aliphatic carbocycles. The lowest BCUT2D eigenvalue weighted by molar-refractivity contribution is 0.166. The van der Waals surface area contributed by atoms with Gasteiger partial charge in [0.05, 0.1) is 0 Å². The molecule has 0 aliphatic heterocycles. The van der Waals surface area contributed by atoms with E-state index in [1.54, 1.807) is 0 Å². The molecule has 19 heavy (non-hydrogen) atoms. The van der Waals surface area contributed by atoms with Crippen LogP contribution in [0.5, 0.6) is 0 Å². The molecule has 1 unspecified atom stereocenters. The Morgan fingerprint density at radius 2 is 1.37 bits per heavy atom. The molecule has 0 spiro atoms. The molecule has 1 aliphatic rings. The largest absolute Gasteiger partial charge is 0.306 e. The molecule has 1 saturated carbocycles. The van der Waals surface area contributed by atoms with Gasteiger partial charge >= 0.3 is 0 Å². The van der Waals surface area contributed by atoms with Crippen LogP contribution in [-0.2, 0) is 0 Å². The standard InChI is InChI=1S/C11H23N.C3H8.C2H6.C2H4.H2/c1-9-5-7-11(8-6-9)10(2)12(3)4;1-3-2;2*1-2;/h9-11H,5-8H2,1-4H3;3H2,1-2H3;1-2H3;1-2H2;1H. The van der Waals surface area contributed by atoms with Crippen LogP contribution in [0.3, 0.4) is 0 Å². The Kier molecular flexibility index (Phi) is 22.1. The summed E-state index contributed by atoms with van der Waals surface area (Å²) in [6.07, 6.45) is 7.03. The van der Waals surface area contributed by atoms with Gasteiger partial charge in [0.25, 0.3) is 0 Å². The zero-order valence-corrected chi connectivity index (χ0v) is 15.1. The molecule has 0 aromatic rings. The smallest absolute Gasteiger partial charge is 0.00891 e. The predicted molar refractivity (Wildman–Crippen MR) is 95.0 cm³/mol. The molecule has 1 heteroatoms. The quantitative estimate of drug-likeness (QED) is 0.537. The molecule has 0 amide bonds. The van der Waals surface area contributed by atoms with Gasteiger partial charge in [0.2, 0.25) is 0 Å². The fourth-order valence-electron chi connectivity index (χ4n) is 2.19. The van der Waals surface area contributed by atoms with Crippen molar-refractivity contribution >= 4 is 0 Å². The van der Waals surface area contributed by atoms with Gasteiger partial charge in [0.1, 0.15) is 0 Å². The summed E-state index contributed by atoms with van der Waals surface area (Å²) in [5.41, 5.74) is 0. The van der Waals surface area contributed by atoms with E-state index in [-0.39, 0.29) is 1.43 Å². The van der Waals surface area contributed by atoms with E-state index in [0.717, 1.165) is 17.9 Å². The normalized spacial score (nSPS) is 22.8. The summed E-state index contributed by atoms with van der Waals surface area (Å²) >= 11 is 0. The van der Waals surface area contributed by atoms with Gasteiger partial charge in [-0.2, -0.15) is 0 Å². The second kappa shape index (κ2) is 17.7. The second-order valence-corrected chi connectivity index (χ2v) is 5.43. The molecular formula is C18H43N. The number of hydrogen-bond acceptors (Lipinski definition) is 1. The van der Waals surface area contributed by atoms with Crippen molar-refractivity contribution in [2.24, 2.45) is 11.8 Å². The zero-order chi connectivity index (χ0) is 15.8. The Labute approximate surface area is 126 Å². The first kappa shape index (κ1) is 23.8. The third-order valence-electron chi connectivity index (χ3n) is 3.56. The molecule has 0 saturated heterocycles. The summed E-state index contributed by atoms with van der Waals surface area (Å²) < 4.78 is 0. The molecule has 1 fully saturated rings. The Morgan fingerprint density at radius 3 is 1.63 bits per heavy atom.